The van der Waals surface area contributed by atoms with Gasteiger partial charge in [0.15, 0.2) is 5.88 Å². The third-order valence-corrected chi connectivity index (χ3v) is 4.98. The number of hydrogen-bond acceptors (Lipinski definition) is 3. The Labute approximate surface area is 181 Å². The van der Waals surface area contributed by atoms with Gasteiger partial charge in [-0.3, -0.25) is 4.79 Å². The van der Waals surface area contributed by atoms with Crippen LogP contribution in [-0.4, -0.2) is 34.9 Å². The van der Waals surface area contributed by atoms with E-state index < -0.39 is 12.1 Å². The minimum absolute atomic E-state index is 0.0455. The molecular formula is C24H18F3N3O2. The number of alkyl halides is 3. The Bertz CT molecular complexity index is 1310. The molecule has 3 aromatic carbocycles. The second-order valence-corrected chi connectivity index (χ2v) is 7.10. The predicted molar refractivity (Wildman–Crippen MR) is 118 cm³/mol. The van der Waals surface area contributed by atoms with Crippen molar-refractivity contribution in [3.05, 3.63) is 90.0 Å². The number of H-pyrrole nitrogens is 1. The average molecular weight is 437 g/mol. The first-order valence-corrected chi connectivity index (χ1v) is 9.65. The van der Waals surface area contributed by atoms with E-state index in [9.17, 15) is 23.1 Å². The molecule has 0 atom stereocenters. The van der Waals surface area contributed by atoms with Crippen LogP contribution in [0.5, 0.6) is 5.88 Å². The van der Waals surface area contributed by atoms with E-state index in [0.29, 0.717) is 32.9 Å². The van der Waals surface area contributed by atoms with E-state index in [2.05, 4.69) is 9.98 Å². The standard InChI is InChI=1S/C24H18F3N3O2/c1-30(23(32)24(25,26)27)17-11-7-10-16(14-17)28-21(15-8-3-2-4-9-15)20-18-12-5-6-13-19(18)29-22(20)31/h2-14,29,31H,1H3. The Hall–Kier alpha value is -4.07. The number of aromatic amines is 1. The Morgan fingerprint density at radius 3 is 2.38 bits per heavy atom. The Kier molecular flexibility index (Phi) is 5.44. The van der Waals surface area contributed by atoms with Crippen molar-refractivity contribution in [2.24, 2.45) is 4.99 Å². The van der Waals surface area contributed by atoms with Crippen LogP contribution in [0.25, 0.3) is 10.9 Å². The number of carbonyl (C=O) groups is 1. The summed E-state index contributed by atoms with van der Waals surface area (Å²) in [5.74, 6) is -2.05. The minimum Gasteiger partial charge on any atom is -0.494 e. The zero-order chi connectivity index (χ0) is 22.9. The number of rotatable bonds is 4. The van der Waals surface area contributed by atoms with Gasteiger partial charge < -0.3 is 15.0 Å². The number of aliphatic imine (C=N–C) groups is 1. The maximum atomic E-state index is 12.8. The molecule has 8 heteroatoms. The molecule has 0 saturated carbocycles. The number of amides is 1. The van der Waals surface area contributed by atoms with Crippen LogP contribution in [0.3, 0.4) is 0 Å². The normalized spacial score (nSPS) is 12.2. The summed E-state index contributed by atoms with van der Waals surface area (Å²) in [7, 11) is 1.06. The molecule has 4 rings (SSSR count). The maximum Gasteiger partial charge on any atom is 0.471 e. The summed E-state index contributed by atoms with van der Waals surface area (Å²) >= 11 is 0. The highest BCUT2D eigenvalue weighted by Crippen LogP contribution is 2.32. The number of carbonyl (C=O) groups excluding carboxylic acids is 1. The third-order valence-electron chi connectivity index (χ3n) is 4.98. The fraction of sp³-hybridized carbons (Fsp3) is 0.0833. The SMILES string of the molecule is CN(C(=O)C(F)(F)F)c1cccc(N=C(c2ccccc2)c2c(O)[nH]c3ccccc23)c1. The summed E-state index contributed by atoms with van der Waals surface area (Å²) in [4.78, 5) is 19.7. The number of aromatic hydroxyl groups is 1. The lowest BCUT2D eigenvalue weighted by atomic mass is 10.0. The average Bonchev–Trinajstić information content (AvgIpc) is 3.12. The first-order valence-electron chi connectivity index (χ1n) is 9.65. The lowest BCUT2D eigenvalue weighted by Gasteiger charge is -2.19. The van der Waals surface area contributed by atoms with E-state index in [-0.39, 0.29) is 11.6 Å². The van der Waals surface area contributed by atoms with Crippen LogP contribution in [0.15, 0.2) is 83.9 Å². The van der Waals surface area contributed by atoms with Crippen molar-refractivity contribution >= 4 is 33.9 Å². The van der Waals surface area contributed by atoms with Crippen molar-refractivity contribution in [2.75, 3.05) is 11.9 Å². The maximum absolute atomic E-state index is 12.8. The van der Waals surface area contributed by atoms with Crippen LogP contribution in [0.2, 0.25) is 0 Å². The van der Waals surface area contributed by atoms with Gasteiger partial charge in [-0.1, -0.05) is 54.6 Å². The van der Waals surface area contributed by atoms with E-state index in [1.807, 2.05) is 54.6 Å². The second kappa shape index (κ2) is 8.22. The van der Waals surface area contributed by atoms with Gasteiger partial charge in [-0.25, -0.2) is 4.99 Å². The lowest BCUT2D eigenvalue weighted by Crippen LogP contribution is -2.38. The summed E-state index contributed by atoms with van der Waals surface area (Å²) in [6.07, 6.45) is -4.99. The number of nitrogens with zero attached hydrogens (tertiary/aromatic N) is 2. The zero-order valence-electron chi connectivity index (χ0n) is 16.9. The van der Waals surface area contributed by atoms with Gasteiger partial charge in [0, 0.05) is 29.2 Å². The van der Waals surface area contributed by atoms with Crippen LogP contribution < -0.4 is 4.90 Å². The Morgan fingerprint density at radius 2 is 1.66 bits per heavy atom. The van der Waals surface area contributed by atoms with Gasteiger partial charge in [-0.05, 0) is 24.3 Å². The fourth-order valence-electron chi connectivity index (χ4n) is 3.44. The molecule has 0 spiro atoms. The molecule has 0 fully saturated rings. The van der Waals surface area contributed by atoms with Crippen LogP contribution in [-0.2, 0) is 4.79 Å². The molecule has 0 aliphatic rings. The van der Waals surface area contributed by atoms with Gasteiger partial charge >= 0.3 is 12.1 Å². The van der Waals surface area contributed by atoms with Crippen LogP contribution in [0.4, 0.5) is 24.5 Å². The first kappa shape index (κ1) is 21.2. The van der Waals surface area contributed by atoms with Crippen molar-refractivity contribution in [3.8, 4) is 5.88 Å². The van der Waals surface area contributed by atoms with Crippen molar-refractivity contribution in [3.63, 3.8) is 0 Å². The lowest BCUT2D eigenvalue weighted by molar-refractivity contribution is -0.170. The highest BCUT2D eigenvalue weighted by atomic mass is 19.4. The summed E-state index contributed by atoms with van der Waals surface area (Å²) in [5.41, 5.74) is 2.70. The number of fused-ring (bicyclic) bond motifs is 1. The Balaban J connectivity index is 1.86. The van der Waals surface area contributed by atoms with E-state index in [1.54, 1.807) is 6.07 Å². The Morgan fingerprint density at radius 1 is 0.969 bits per heavy atom. The van der Waals surface area contributed by atoms with Gasteiger partial charge in [0.2, 0.25) is 0 Å². The summed E-state index contributed by atoms with van der Waals surface area (Å²) in [6.45, 7) is 0. The predicted octanol–water partition coefficient (Wildman–Crippen LogP) is 5.57. The number of halogens is 3. The highest BCUT2D eigenvalue weighted by molar-refractivity contribution is 6.21. The molecule has 0 unspecified atom stereocenters. The molecule has 1 aromatic heterocycles. The van der Waals surface area contributed by atoms with Crippen molar-refractivity contribution in [1.29, 1.82) is 0 Å². The van der Waals surface area contributed by atoms with Gasteiger partial charge in [0.1, 0.15) is 0 Å². The number of anilines is 1. The number of hydrogen-bond donors (Lipinski definition) is 2. The van der Waals surface area contributed by atoms with Crippen molar-refractivity contribution < 1.29 is 23.1 Å². The van der Waals surface area contributed by atoms with Gasteiger partial charge in [0.25, 0.3) is 0 Å². The summed E-state index contributed by atoms with van der Waals surface area (Å²) in [5, 5.41) is 11.4. The molecule has 0 aliphatic heterocycles. The quantitative estimate of drug-likeness (QED) is 0.410. The van der Waals surface area contributed by atoms with E-state index in [1.165, 1.54) is 18.2 Å². The molecule has 4 aromatic rings. The molecule has 0 saturated heterocycles. The van der Waals surface area contributed by atoms with E-state index in [0.717, 1.165) is 12.4 Å². The number of benzene rings is 3. The zero-order valence-corrected chi connectivity index (χ0v) is 16.9. The smallest absolute Gasteiger partial charge is 0.471 e. The van der Waals surface area contributed by atoms with Crippen molar-refractivity contribution in [1.82, 2.24) is 4.98 Å². The number of para-hydroxylation sites is 1. The van der Waals surface area contributed by atoms with E-state index in [4.69, 9.17) is 0 Å². The molecule has 0 aliphatic carbocycles. The molecule has 1 heterocycles. The van der Waals surface area contributed by atoms with Gasteiger partial charge in [-0.15, -0.1) is 0 Å². The van der Waals surface area contributed by atoms with Crippen LogP contribution in [0.1, 0.15) is 11.1 Å². The van der Waals surface area contributed by atoms with Crippen LogP contribution >= 0.6 is 0 Å². The molecule has 0 bridgehead atoms. The molecule has 162 valence electrons. The summed E-state index contributed by atoms with van der Waals surface area (Å²) < 4.78 is 38.5. The monoisotopic (exact) mass is 437 g/mol. The van der Waals surface area contributed by atoms with E-state index >= 15 is 0 Å². The van der Waals surface area contributed by atoms with Crippen LogP contribution in [0, 0.1) is 0 Å². The third kappa shape index (κ3) is 4.07. The number of nitrogens with one attached hydrogen (secondary N) is 1. The molecule has 0 radical (unpaired) electrons. The highest BCUT2D eigenvalue weighted by Gasteiger charge is 2.41. The van der Waals surface area contributed by atoms with Gasteiger partial charge in [0.05, 0.1) is 17.0 Å². The fourth-order valence-corrected chi connectivity index (χ4v) is 3.44. The van der Waals surface area contributed by atoms with Crippen molar-refractivity contribution in [2.45, 2.75) is 6.18 Å². The topological polar surface area (TPSA) is 68.7 Å². The largest absolute Gasteiger partial charge is 0.494 e. The minimum atomic E-state index is -4.99. The molecular weight excluding hydrogens is 419 g/mol. The number of aromatic nitrogens is 1. The molecule has 5 nitrogen and oxygen atoms in total. The molecule has 32 heavy (non-hydrogen) atoms. The molecule has 2 N–H and O–H groups in total. The molecule has 1 amide bonds. The van der Waals surface area contributed by atoms with Gasteiger partial charge in [-0.2, -0.15) is 13.2 Å². The first-order chi connectivity index (χ1) is 15.3. The summed E-state index contributed by atoms with van der Waals surface area (Å²) in [6, 6.07) is 22.4. The second-order valence-electron chi connectivity index (χ2n) is 7.10.